The Morgan fingerprint density at radius 3 is 2.87 bits per heavy atom. The Morgan fingerprint density at radius 2 is 2.07 bits per heavy atom. The standard InChI is InChI=1S/C13H16N2/c1-2-11(14)9-10-7-8-15-13-6-4-3-5-12(10)13/h3-8,11H,2,9,14H2,1H3. The molecule has 0 amide bonds. The summed E-state index contributed by atoms with van der Waals surface area (Å²) in [6.45, 7) is 2.12. The van der Waals surface area contributed by atoms with Crippen molar-refractivity contribution in [3.63, 3.8) is 0 Å². The number of pyridine rings is 1. The van der Waals surface area contributed by atoms with E-state index in [0.29, 0.717) is 0 Å². The molecular weight excluding hydrogens is 184 g/mol. The van der Waals surface area contributed by atoms with Crippen molar-refractivity contribution in [2.45, 2.75) is 25.8 Å². The van der Waals surface area contributed by atoms with E-state index in [-0.39, 0.29) is 6.04 Å². The van der Waals surface area contributed by atoms with Crippen LogP contribution in [0.15, 0.2) is 36.5 Å². The molecule has 2 rings (SSSR count). The summed E-state index contributed by atoms with van der Waals surface area (Å²) in [6.07, 6.45) is 3.80. The second kappa shape index (κ2) is 4.41. The van der Waals surface area contributed by atoms with Gasteiger partial charge in [0.2, 0.25) is 0 Å². The SMILES string of the molecule is CCC(N)Cc1ccnc2ccccc12. The average Bonchev–Trinajstić information content (AvgIpc) is 2.29. The number of hydrogen-bond donors (Lipinski definition) is 1. The Balaban J connectivity index is 2.42. The molecule has 0 bridgehead atoms. The molecule has 0 fully saturated rings. The predicted octanol–water partition coefficient (Wildman–Crippen LogP) is 2.51. The molecule has 1 aromatic heterocycles. The van der Waals surface area contributed by atoms with E-state index in [1.54, 1.807) is 0 Å². The normalized spacial score (nSPS) is 12.9. The number of rotatable bonds is 3. The van der Waals surface area contributed by atoms with Gasteiger partial charge in [0, 0.05) is 17.6 Å². The maximum absolute atomic E-state index is 5.98. The Bertz CT molecular complexity index is 446. The van der Waals surface area contributed by atoms with Gasteiger partial charge in [0.05, 0.1) is 5.52 Å². The Labute approximate surface area is 90.1 Å². The highest BCUT2D eigenvalue weighted by molar-refractivity contribution is 5.81. The van der Waals surface area contributed by atoms with Crippen LogP contribution in [0.4, 0.5) is 0 Å². The van der Waals surface area contributed by atoms with Crippen LogP contribution in [-0.2, 0) is 6.42 Å². The molecule has 1 unspecified atom stereocenters. The van der Waals surface area contributed by atoms with Gasteiger partial charge < -0.3 is 5.73 Å². The van der Waals surface area contributed by atoms with E-state index in [4.69, 9.17) is 5.73 Å². The van der Waals surface area contributed by atoms with Crippen LogP contribution in [0.3, 0.4) is 0 Å². The van der Waals surface area contributed by atoms with Crippen molar-refractivity contribution in [3.8, 4) is 0 Å². The number of hydrogen-bond acceptors (Lipinski definition) is 2. The maximum atomic E-state index is 5.98. The van der Waals surface area contributed by atoms with E-state index >= 15 is 0 Å². The van der Waals surface area contributed by atoms with E-state index in [0.717, 1.165) is 18.4 Å². The van der Waals surface area contributed by atoms with Crippen LogP contribution >= 0.6 is 0 Å². The number of fused-ring (bicyclic) bond motifs is 1. The number of benzene rings is 1. The third-order valence-electron chi connectivity index (χ3n) is 2.75. The molecular formula is C13H16N2. The highest BCUT2D eigenvalue weighted by Crippen LogP contribution is 2.17. The number of aromatic nitrogens is 1. The fourth-order valence-electron chi connectivity index (χ4n) is 1.76. The zero-order chi connectivity index (χ0) is 10.7. The Kier molecular flexibility index (Phi) is 2.97. The summed E-state index contributed by atoms with van der Waals surface area (Å²) in [5.74, 6) is 0. The molecule has 1 aromatic carbocycles. The first-order valence-corrected chi connectivity index (χ1v) is 5.39. The minimum absolute atomic E-state index is 0.246. The van der Waals surface area contributed by atoms with E-state index in [2.05, 4.69) is 24.0 Å². The molecule has 2 heteroatoms. The Morgan fingerprint density at radius 1 is 1.27 bits per heavy atom. The molecule has 0 saturated heterocycles. The summed E-state index contributed by atoms with van der Waals surface area (Å²) in [5, 5.41) is 1.23. The molecule has 15 heavy (non-hydrogen) atoms. The molecule has 2 nitrogen and oxygen atoms in total. The Hall–Kier alpha value is -1.41. The molecule has 78 valence electrons. The number of nitrogens with two attached hydrogens (primary N) is 1. The van der Waals surface area contributed by atoms with Gasteiger partial charge in [-0.2, -0.15) is 0 Å². The van der Waals surface area contributed by atoms with Crippen LogP contribution in [0.1, 0.15) is 18.9 Å². The summed E-state index contributed by atoms with van der Waals surface area (Å²) in [7, 11) is 0. The third-order valence-corrected chi connectivity index (χ3v) is 2.75. The summed E-state index contributed by atoms with van der Waals surface area (Å²) in [6, 6.07) is 10.5. The van der Waals surface area contributed by atoms with Gasteiger partial charge in [-0.15, -0.1) is 0 Å². The number of para-hydroxylation sites is 1. The molecule has 0 saturated carbocycles. The van der Waals surface area contributed by atoms with Gasteiger partial charge >= 0.3 is 0 Å². The lowest BCUT2D eigenvalue weighted by Crippen LogP contribution is -2.21. The van der Waals surface area contributed by atoms with Crippen molar-refractivity contribution in [2.75, 3.05) is 0 Å². The predicted molar refractivity (Wildman–Crippen MR) is 63.7 cm³/mol. The summed E-state index contributed by atoms with van der Waals surface area (Å²) in [4.78, 5) is 4.33. The first-order chi connectivity index (χ1) is 7.31. The largest absolute Gasteiger partial charge is 0.327 e. The van der Waals surface area contributed by atoms with Gasteiger partial charge in [-0.05, 0) is 30.5 Å². The first kappa shape index (κ1) is 10.1. The molecule has 0 aliphatic heterocycles. The first-order valence-electron chi connectivity index (χ1n) is 5.39. The fraction of sp³-hybridized carbons (Fsp3) is 0.308. The van der Waals surface area contributed by atoms with Crippen molar-refractivity contribution >= 4 is 10.9 Å². The van der Waals surface area contributed by atoms with Gasteiger partial charge in [-0.1, -0.05) is 25.1 Å². The van der Waals surface area contributed by atoms with E-state index in [9.17, 15) is 0 Å². The van der Waals surface area contributed by atoms with Crippen molar-refractivity contribution in [1.82, 2.24) is 4.98 Å². The summed E-state index contributed by atoms with van der Waals surface area (Å²) < 4.78 is 0. The van der Waals surface area contributed by atoms with Crippen LogP contribution in [0.5, 0.6) is 0 Å². The second-order valence-corrected chi connectivity index (χ2v) is 3.86. The number of nitrogens with zero attached hydrogens (tertiary/aromatic N) is 1. The summed E-state index contributed by atoms with van der Waals surface area (Å²) in [5.41, 5.74) is 8.33. The topological polar surface area (TPSA) is 38.9 Å². The lowest BCUT2D eigenvalue weighted by Gasteiger charge is -2.10. The van der Waals surface area contributed by atoms with Crippen molar-refractivity contribution < 1.29 is 0 Å². The third kappa shape index (κ3) is 2.16. The maximum Gasteiger partial charge on any atom is 0.0704 e. The smallest absolute Gasteiger partial charge is 0.0704 e. The highest BCUT2D eigenvalue weighted by atomic mass is 14.7. The second-order valence-electron chi connectivity index (χ2n) is 3.86. The van der Waals surface area contributed by atoms with Gasteiger partial charge in [-0.3, -0.25) is 4.98 Å². The van der Waals surface area contributed by atoms with Crippen molar-refractivity contribution in [2.24, 2.45) is 5.73 Å². The quantitative estimate of drug-likeness (QED) is 0.826. The lowest BCUT2D eigenvalue weighted by atomic mass is 10.0. The van der Waals surface area contributed by atoms with Gasteiger partial charge in [0.15, 0.2) is 0 Å². The molecule has 0 radical (unpaired) electrons. The van der Waals surface area contributed by atoms with E-state index in [1.165, 1.54) is 10.9 Å². The van der Waals surface area contributed by atoms with Crippen molar-refractivity contribution in [1.29, 1.82) is 0 Å². The minimum Gasteiger partial charge on any atom is -0.327 e. The highest BCUT2D eigenvalue weighted by Gasteiger charge is 2.05. The molecule has 2 N–H and O–H groups in total. The molecule has 2 aromatic rings. The zero-order valence-corrected chi connectivity index (χ0v) is 8.98. The zero-order valence-electron chi connectivity index (χ0n) is 8.98. The fourth-order valence-corrected chi connectivity index (χ4v) is 1.76. The lowest BCUT2D eigenvalue weighted by molar-refractivity contribution is 0.648. The van der Waals surface area contributed by atoms with Crippen LogP contribution in [-0.4, -0.2) is 11.0 Å². The van der Waals surface area contributed by atoms with Crippen LogP contribution in [0, 0.1) is 0 Å². The molecule has 0 aliphatic carbocycles. The van der Waals surface area contributed by atoms with Crippen LogP contribution in [0.2, 0.25) is 0 Å². The molecule has 0 aliphatic rings. The van der Waals surface area contributed by atoms with Crippen LogP contribution in [0.25, 0.3) is 10.9 Å². The van der Waals surface area contributed by atoms with Gasteiger partial charge in [0.1, 0.15) is 0 Å². The van der Waals surface area contributed by atoms with Crippen molar-refractivity contribution in [3.05, 3.63) is 42.1 Å². The monoisotopic (exact) mass is 200 g/mol. The van der Waals surface area contributed by atoms with Gasteiger partial charge in [-0.25, -0.2) is 0 Å². The molecule has 1 heterocycles. The average molecular weight is 200 g/mol. The van der Waals surface area contributed by atoms with E-state index in [1.807, 2.05) is 24.4 Å². The summed E-state index contributed by atoms with van der Waals surface area (Å²) >= 11 is 0. The van der Waals surface area contributed by atoms with E-state index < -0.39 is 0 Å². The van der Waals surface area contributed by atoms with Gasteiger partial charge in [0.25, 0.3) is 0 Å². The minimum atomic E-state index is 0.246. The molecule has 0 spiro atoms. The van der Waals surface area contributed by atoms with Crippen LogP contribution < -0.4 is 5.73 Å². The molecule has 1 atom stereocenters.